The molecule has 1 aliphatic rings. The smallest absolute Gasteiger partial charge is 0.249 e. The van der Waals surface area contributed by atoms with Crippen LogP contribution in [0.15, 0.2) is 23.1 Å². The summed E-state index contributed by atoms with van der Waals surface area (Å²) in [6.45, 7) is 5.81. The molecule has 0 bridgehead atoms. The molecule has 1 atom stereocenters. The van der Waals surface area contributed by atoms with E-state index in [1.807, 2.05) is 25.3 Å². The highest BCUT2D eigenvalue weighted by molar-refractivity contribution is 7.89. The fourth-order valence-corrected chi connectivity index (χ4v) is 4.54. The van der Waals surface area contributed by atoms with Crippen LogP contribution in [0.4, 0.5) is 8.78 Å². The van der Waals surface area contributed by atoms with Gasteiger partial charge < -0.3 is 4.57 Å². The lowest BCUT2D eigenvalue weighted by Gasteiger charge is -2.32. The molecule has 0 unspecified atom stereocenters. The lowest BCUT2D eigenvalue weighted by atomic mass is 10.1. The van der Waals surface area contributed by atoms with E-state index >= 15 is 0 Å². The summed E-state index contributed by atoms with van der Waals surface area (Å²) in [6.07, 6.45) is 0. The van der Waals surface area contributed by atoms with Gasteiger partial charge in [0.2, 0.25) is 10.0 Å². The highest BCUT2D eigenvalue weighted by Gasteiger charge is 2.37. The molecule has 2 heterocycles. The molecule has 0 saturated heterocycles. The Labute approximate surface area is 139 Å². The van der Waals surface area contributed by atoms with Gasteiger partial charge in [0.15, 0.2) is 4.90 Å². The lowest BCUT2D eigenvalue weighted by molar-refractivity contribution is 0.284. The highest BCUT2D eigenvalue weighted by atomic mass is 32.2. The van der Waals surface area contributed by atoms with E-state index in [2.05, 4.69) is 10.2 Å². The van der Waals surface area contributed by atoms with E-state index in [-0.39, 0.29) is 25.0 Å². The zero-order valence-corrected chi connectivity index (χ0v) is 14.4. The molecule has 0 N–H and O–H groups in total. The molecule has 1 aromatic heterocycles. The quantitative estimate of drug-likeness (QED) is 0.847. The molecule has 9 heteroatoms. The number of halogens is 2. The summed E-state index contributed by atoms with van der Waals surface area (Å²) in [5.41, 5.74) is 0. The van der Waals surface area contributed by atoms with E-state index in [9.17, 15) is 17.2 Å². The van der Waals surface area contributed by atoms with Crippen LogP contribution in [0.2, 0.25) is 0 Å². The average Bonchev–Trinajstić information content (AvgIpc) is 2.91. The molecule has 0 amide bonds. The number of fused-ring (bicyclic) bond motifs is 1. The van der Waals surface area contributed by atoms with Crippen molar-refractivity contribution in [3.63, 3.8) is 0 Å². The largest absolute Gasteiger partial charge is 0.309 e. The lowest BCUT2D eigenvalue weighted by Crippen LogP contribution is -2.41. The molecular formula is C15H18F2N4O2S. The fraction of sp³-hybridized carbons (Fsp3) is 0.467. The molecule has 0 radical (unpaired) electrons. The molecule has 130 valence electrons. The van der Waals surface area contributed by atoms with Gasteiger partial charge in [-0.3, -0.25) is 0 Å². The van der Waals surface area contributed by atoms with E-state index in [1.54, 1.807) is 0 Å². The van der Waals surface area contributed by atoms with Crippen molar-refractivity contribution >= 4 is 10.0 Å². The van der Waals surface area contributed by atoms with E-state index in [4.69, 9.17) is 0 Å². The molecular weight excluding hydrogens is 338 g/mol. The third-order valence-electron chi connectivity index (χ3n) is 4.05. The second kappa shape index (κ2) is 5.89. The first-order chi connectivity index (χ1) is 11.2. The van der Waals surface area contributed by atoms with Crippen LogP contribution in [0, 0.1) is 11.6 Å². The van der Waals surface area contributed by atoms with Crippen molar-refractivity contribution in [3.05, 3.63) is 41.5 Å². The van der Waals surface area contributed by atoms with Crippen molar-refractivity contribution in [1.29, 1.82) is 0 Å². The van der Waals surface area contributed by atoms with Crippen LogP contribution in [0.3, 0.4) is 0 Å². The zero-order chi connectivity index (χ0) is 17.6. The van der Waals surface area contributed by atoms with Crippen LogP contribution >= 0.6 is 0 Å². The van der Waals surface area contributed by atoms with Crippen LogP contribution in [-0.2, 0) is 16.6 Å². The van der Waals surface area contributed by atoms with Gasteiger partial charge in [-0.05, 0) is 19.1 Å². The Kier molecular flexibility index (Phi) is 4.16. The monoisotopic (exact) mass is 356 g/mol. The molecule has 1 aromatic carbocycles. The van der Waals surface area contributed by atoms with Crippen LogP contribution < -0.4 is 0 Å². The average molecular weight is 356 g/mol. The number of nitrogens with zero attached hydrogens (tertiary/aromatic N) is 4. The first-order valence-corrected chi connectivity index (χ1v) is 9.05. The van der Waals surface area contributed by atoms with Crippen LogP contribution in [0.5, 0.6) is 0 Å². The molecule has 0 saturated carbocycles. The minimum atomic E-state index is -4.31. The maximum absolute atomic E-state index is 13.9. The second-order valence-electron chi connectivity index (χ2n) is 6.20. The van der Waals surface area contributed by atoms with Gasteiger partial charge >= 0.3 is 0 Å². The Morgan fingerprint density at radius 2 is 1.83 bits per heavy atom. The summed E-state index contributed by atoms with van der Waals surface area (Å²) in [6, 6.07) is 2.77. The number of hydrogen-bond acceptors (Lipinski definition) is 4. The molecule has 1 aliphatic heterocycles. The minimum absolute atomic E-state index is 0.0693. The van der Waals surface area contributed by atoms with E-state index in [1.165, 1.54) is 0 Å². The Morgan fingerprint density at radius 1 is 1.21 bits per heavy atom. The molecule has 24 heavy (non-hydrogen) atoms. The Morgan fingerprint density at radius 3 is 2.42 bits per heavy atom. The zero-order valence-electron chi connectivity index (χ0n) is 13.6. The van der Waals surface area contributed by atoms with Gasteiger partial charge in [-0.1, -0.05) is 19.9 Å². The molecule has 2 aromatic rings. The number of hydrogen-bond donors (Lipinski definition) is 0. The molecule has 0 aliphatic carbocycles. The molecule has 0 spiro atoms. The predicted molar refractivity (Wildman–Crippen MR) is 82.8 cm³/mol. The third-order valence-corrected chi connectivity index (χ3v) is 5.92. The van der Waals surface area contributed by atoms with Gasteiger partial charge in [0, 0.05) is 18.5 Å². The highest BCUT2D eigenvalue weighted by Crippen LogP contribution is 2.30. The fourth-order valence-electron chi connectivity index (χ4n) is 2.96. The summed E-state index contributed by atoms with van der Waals surface area (Å²) in [4.78, 5) is -0.922. The standard InChI is InChI=1S/C15H18F2N4O2S/c1-9(2)15-19-18-13-8-20(7-10(3)21(13)15)24(22,23)14-11(16)5-4-6-12(14)17/h4-6,9-10H,7-8H2,1-3H3/t10-/m0/s1. The Bertz CT molecular complexity index is 859. The SMILES string of the molecule is CC(C)c1nnc2n1[C@@H](C)CN(S(=O)(=O)c1c(F)cccc1F)C2. The van der Waals surface area contributed by atoms with Crippen molar-refractivity contribution < 1.29 is 17.2 Å². The Hall–Kier alpha value is -1.87. The number of aromatic nitrogens is 3. The second-order valence-corrected chi connectivity index (χ2v) is 8.07. The van der Waals surface area contributed by atoms with Crippen molar-refractivity contribution in [3.8, 4) is 0 Å². The molecule has 6 nitrogen and oxygen atoms in total. The first-order valence-electron chi connectivity index (χ1n) is 7.61. The number of rotatable bonds is 3. The summed E-state index contributed by atoms with van der Waals surface area (Å²) in [7, 11) is -4.31. The number of benzene rings is 1. The van der Waals surface area contributed by atoms with E-state index in [0.29, 0.717) is 5.82 Å². The van der Waals surface area contributed by atoms with Gasteiger partial charge in [-0.15, -0.1) is 10.2 Å². The maximum Gasteiger partial charge on any atom is 0.249 e. The number of sulfonamides is 1. The summed E-state index contributed by atoms with van der Waals surface area (Å²) in [5.74, 6) is -0.819. The van der Waals surface area contributed by atoms with Gasteiger partial charge in [-0.25, -0.2) is 17.2 Å². The van der Waals surface area contributed by atoms with Crippen LogP contribution in [0.1, 0.15) is 44.4 Å². The minimum Gasteiger partial charge on any atom is -0.309 e. The van der Waals surface area contributed by atoms with Crippen molar-refractivity contribution in [2.45, 2.75) is 44.2 Å². The Balaban J connectivity index is 2.03. The van der Waals surface area contributed by atoms with Gasteiger partial charge in [0.05, 0.1) is 6.54 Å². The summed E-state index contributed by atoms with van der Waals surface area (Å²) >= 11 is 0. The topological polar surface area (TPSA) is 68.1 Å². The van der Waals surface area contributed by atoms with Gasteiger partial charge in [0.25, 0.3) is 0 Å². The first kappa shape index (κ1) is 17.0. The van der Waals surface area contributed by atoms with Crippen LogP contribution in [0.25, 0.3) is 0 Å². The van der Waals surface area contributed by atoms with E-state index in [0.717, 1.165) is 28.3 Å². The third kappa shape index (κ3) is 2.61. The van der Waals surface area contributed by atoms with Crippen LogP contribution in [-0.4, -0.2) is 34.0 Å². The van der Waals surface area contributed by atoms with Crippen molar-refractivity contribution in [2.75, 3.05) is 6.54 Å². The van der Waals surface area contributed by atoms with Crippen molar-refractivity contribution in [2.24, 2.45) is 0 Å². The maximum atomic E-state index is 13.9. The van der Waals surface area contributed by atoms with Gasteiger partial charge in [0.1, 0.15) is 23.3 Å². The van der Waals surface area contributed by atoms with E-state index < -0.39 is 26.6 Å². The van der Waals surface area contributed by atoms with Crippen molar-refractivity contribution in [1.82, 2.24) is 19.1 Å². The normalized spacial score (nSPS) is 18.8. The summed E-state index contributed by atoms with van der Waals surface area (Å²) < 4.78 is 56.2. The van der Waals surface area contributed by atoms with Gasteiger partial charge in [-0.2, -0.15) is 4.31 Å². The predicted octanol–water partition coefficient (Wildman–Crippen LogP) is 2.45. The molecule has 3 rings (SSSR count). The summed E-state index contributed by atoms with van der Waals surface area (Å²) in [5, 5.41) is 8.17. The molecule has 0 fully saturated rings.